The van der Waals surface area contributed by atoms with Crippen molar-refractivity contribution < 1.29 is 4.79 Å². The lowest BCUT2D eigenvalue weighted by Crippen LogP contribution is -2.18. The maximum atomic E-state index is 8.94. The highest BCUT2D eigenvalue weighted by atomic mass is 79.9. The van der Waals surface area contributed by atoms with E-state index >= 15 is 0 Å². The molecule has 1 heterocycles. The molecule has 0 saturated carbocycles. The Bertz CT molecular complexity index is 644. The van der Waals surface area contributed by atoms with Gasteiger partial charge in [0.1, 0.15) is 0 Å². The quantitative estimate of drug-likeness (QED) is 0.338. The number of anilines is 1. The van der Waals surface area contributed by atoms with Crippen LogP contribution in [-0.2, 0) is 4.79 Å². The first-order valence-corrected chi connectivity index (χ1v) is 7.38. The summed E-state index contributed by atoms with van der Waals surface area (Å²) < 4.78 is 1.07. The molecule has 0 bridgehead atoms. The summed E-state index contributed by atoms with van der Waals surface area (Å²) in [4.78, 5) is 13.3. The Hall–Kier alpha value is -2.18. The molecule has 0 fully saturated rings. The van der Waals surface area contributed by atoms with Gasteiger partial charge in [-0.15, -0.1) is 0 Å². The maximum Gasteiger partial charge on any atom is 0.221 e. The second-order valence-corrected chi connectivity index (χ2v) is 5.18. The molecule has 5 nitrogen and oxygen atoms in total. The fourth-order valence-electron chi connectivity index (χ4n) is 1.74. The summed E-state index contributed by atoms with van der Waals surface area (Å²) in [5, 5.41) is 3.18. The molecular weight excluding hydrogens is 344 g/mol. The molecule has 22 heavy (non-hydrogen) atoms. The van der Waals surface area contributed by atoms with Crippen LogP contribution >= 0.6 is 15.9 Å². The summed E-state index contributed by atoms with van der Waals surface area (Å²) in [5.74, 6) is 4.41. The zero-order chi connectivity index (χ0) is 16.4. The number of nitrogens with two attached hydrogens (primary N) is 1. The van der Waals surface area contributed by atoms with Crippen molar-refractivity contribution in [2.45, 2.75) is 6.92 Å². The Labute approximate surface area is 138 Å². The van der Waals surface area contributed by atoms with Crippen molar-refractivity contribution >= 4 is 40.2 Å². The van der Waals surface area contributed by atoms with Crippen molar-refractivity contribution in [3.63, 3.8) is 0 Å². The molecule has 2 rings (SSSR count). The number of aromatic nitrogens is 1. The van der Waals surface area contributed by atoms with E-state index in [1.165, 1.54) is 5.56 Å². The second kappa shape index (κ2) is 9.70. The number of carbonyl (C=O) groups is 1. The molecule has 1 amide bonds. The highest BCUT2D eigenvalue weighted by Gasteiger charge is 2.01. The molecule has 0 spiro atoms. The molecule has 4 N–H and O–H groups in total. The molecule has 0 aliphatic rings. The highest BCUT2D eigenvalue weighted by Crippen LogP contribution is 2.26. The third-order valence-electron chi connectivity index (χ3n) is 2.75. The first-order valence-electron chi connectivity index (χ1n) is 6.59. The molecule has 0 unspecified atom stereocenters. The SMILES string of the molecule is CNc1cccc(Br)c1/C=C/c1cc(C)ccn1.NNC=O. The molecule has 0 atom stereocenters. The monoisotopic (exact) mass is 362 g/mol. The van der Waals surface area contributed by atoms with E-state index in [-0.39, 0.29) is 0 Å². The zero-order valence-electron chi connectivity index (χ0n) is 12.5. The summed E-state index contributed by atoms with van der Waals surface area (Å²) >= 11 is 3.56. The number of amides is 1. The average Bonchev–Trinajstić information content (AvgIpc) is 2.53. The lowest BCUT2D eigenvalue weighted by atomic mass is 10.1. The van der Waals surface area contributed by atoms with E-state index in [0.717, 1.165) is 21.4 Å². The van der Waals surface area contributed by atoms with Crippen LogP contribution in [0.2, 0.25) is 0 Å². The van der Waals surface area contributed by atoms with Crippen LogP contribution < -0.4 is 16.6 Å². The van der Waals surface area contributed by atoms with Crippen molar-refractivity contribution in [1.82, 2.24) is 10.4 Å². The van der Waals surface area contributed by atoms with E-state index in [9.17, 15) is 0 Å². The summed E-state index contributed by atoms with van der Waals surface area (Å²) in [6.45, 7) is 2.07. The lowest BCUT2D eigenvalue weighted by molar-refractivity contribution is -0.109. The van der Waals surface area contributed by atoms with Crippen LogP contribution in [0.1, 0.15) is 16.8 Å². The largest absolute Gasteiger partial charge is 0.388 e. The van der Waals surface area contributed by atoms with Crippen molar-refractivity contribution in [2.75, 3.05) is 12.4 Å². The van der Waals surface area contributed by atoms with Gasteiger partial charge in [0.2, 0.25) is 6.41 Å². The lowest BCUT2D eigenvalue weighted by Gasteiger charge is -2.07. The van der Waals surface area contributed by atoms with Crippen molar-refractivity contribution in [3.8, 4) is 0 Å². The van der Waals surface area contributed by atoms with E-state index in [1.807, 2.05) is 43.6 Å². The molecule has 0 radical (unpaired) electrons. The van der Waals surface area contributed by atoms with Crippen molar-refractivity contribution in [3.05, 3.63) is 57.8 Å². The fourth-order valence-corrected chi connectivity index (χ4v) is 2.24. The van der Waals surface area contributed by atoms with Gasteiger partial charge in [-0.1, -0.05) is 22.0 Å². The molecule has 0 saturated heterocycles. The van der Waals surface area contributed by atoms with E-state index < -0.39 is 0 Å². The van der Waals surface area contributed by atoms with E-state index in [1.54, 1.807) is 5.43 Å². The van der Waals surface area contributed by atoms with Gasteiger partial charge in [-0.25, -0.2) is 5.84 Å². The zero-order valence-corrected chi connectivity index (χ0v) is 14.1. The molecule has 2 aromatic rings. The van der Waals surface area contributed by atoms with Gasteiger partial charge in [-0.3, -0.25) is 15.2 Å². The van der Waals surface area contributed by atoms with E-state index in [4.69, 9.17) is 4.79 Å². The minimum absolute atomic E-state index is 0.403. The number of hydrazine groups is 1. The molecular formula is C16H19BrN4O. The van der Waals surface area contributed by atoms with Gasteiger partial charge < -0.3 is 5.32 Å². The van der Waals surface area contributed by atoms with E-state index in [2.05, 4.69) is 51.1 Å². The Kier molecular flexibility index (Phi) is 7.88. The Morgan fingerprint density at radius 3 is 2.59 bits per heavy atom. The number of benzene rings is 1. The average molecular weight is 363 g/mol. The minimum Gasteiger partial charge on any atom is -0.388 e. The van der Waals surface area contributed by atoms with Gasteiger partial charge >= 0.3 is 0 Å². The highest BCUT2D eigenvalue weighted by molar-refractivity contribution is 9.10. The van der Waals surface area contributed by atoms with Crippen molar-refractivity contribution in [1.29, 1.82) is 0 Å². The van der Waals surface area contributed by atoms with Crippen LogP contribution in [0.4, 0.5) is 5.69 Å². The first-order chi connectivity index (χ1) is 10.6. The third kappa shape index (κ3) is 5.67. The Balaban J connectivity index is 0.000000541. The number of hydrogen-bond donors (Lipinski definition) is 3. The summed E-state index contributed by atoms with van der Waals surface area (Å²) in [6, 6.07) is 10.2. The number of pyridine rings is 1. The number of rotatable bonds is 4. The summed E-state index contributed by atoms with van der Waals surface area (Å²) in [5.41, 5.74) is 6.15. The normalized spacial score (nSPS) is 9.82. The van der Waals surface area contributed by atoms with Gasteiger partial charge in [-0.05, 0) is 48.9 Å². The topological polar surface area (TPSA) is 80.0 Å². The Morgan fingerprint density at radius 1 is 1.27 bits per heavy atom. The number of nitrogens with zero attached hydrogens (tertiary/aromatic N) is 1. The van der Waals surface area contributed by atoms with E-state index in [0.29, 0.717) is 6.41 Å². The van der Waals surface area contributed by atoms with Crippen LogP contribution in [0.25, 0.3) is 12.2 Å². The second-order valence-electron chi connectivity index (χ2n) is 4.33. The maximum absolute atomic E-state index is 8.94. The minimum atomic E-state index is 0.403. The number of aryl methyl sites for hydroxylation is 1. The van der Waals surface area contributed by atoms with Crippen LogP contribution in [-0.4, -0.2) is 18.4 Å². The van der Waals surface area contributed by atoms with Crippen LogP contribution in [0.5, 0.6) is 0 Å². The van der Waals surface area contributed by atoms with Gasteiger partial charge in [0, 0.05) is 29.0 Å². The standard InChI is InChI=1S/C15H15BrN2.CH4N2O/c1-11-8-9-18-12(10-11)6-7-13-14(16)4-3-5-15(13)17-2;2-3-1-4/h3-10,17H,1-2H3;1H,2H2,(H,3,4)/b7-6+;. The number of nitrogens with one attached hydrogen (secondary N) is 2. The number of halogens is 1. The van der Waals surface area contributed by atoms with Gasteiger partial charge in [-0.2, -0.15) is 0 Å². The van der Waals surface area contributed by atoms with Crippen LogP contribution in [0.15, 0.2) is 41.0 Å². The van der Waals surface area contributed by atoms with Crippen molar-refractivity contribution in [2.24, 2.45) is 5.84 Å². The first kappa shape index (κ1) is 17.9. The molecule has 116 valence electrons. The van der Waals surface area contributed by atoms with Gasteiger partial charge in [0.05, 0.1) is 5.69 Å². The molecule has 1 aromatic heterocycles. The summed E-state index contributed by atoms with van der Waals surface area (Å²) in [6.07, 6.45) is 6.32. The van der Waals surface area contributed by atoms with Crippen LogP contribution in [0, 0.1) is 6.92 Å². The molecule has 1 aromatic carbocycles. The predicted octanol–water partition coefficient (Wildman–Crippen LogP) is 2.97. The molecule has 6 heteroatoms. The Morgan fingerprint density at radius 2 is 2.00 bits per heavy atom. The smallest absolute Gasteiger partial charge is 0.221 e. The molecule has 0 aliphatic carbocycles. The van der Waals surface area contributed by atoms with Crippen LogP contribution in [0.3, 0.4) is 0 Å². The number of hydrogen-bond acceptors (Lipinski definition) is 4. The van der Waals surface area contributed by atoms with Gasteiger partial charge in [0.15, 0.2) is 0 Å². The van der Waals surface area contributed by atoms with Gasteiger partial charge in [0.25, 0.3) is 0 Å². The predicted molar refractivity (Wildman–Crippen MR) is 95.0 cm³/mol. The molecule has 0 aliphatic heterocycles. The number of carbonyl (C=O) groups excluding carboxylic acids is 1. The third-order valence-corrected chi connectivity index (χ3v) is 3.44. The summed E-state index contributed by atoms with van der Waals surface area (Å²) in [7, 11) is 1.92. The fraction of sp³-hybridized carbons (Fsp3) is 0.125.